The van der Waals surface area contributed by atoms with Crippen LogP contribution in [0.1, 0.15) is 119 Å². The summed E-state index contributed by atoms with van der Waals surface area (Å²) in [5.74, 6) is -4.17. The Morgan fingerprint density at radius 2 is 1.14 bits per heavy atom. The van der Waals surface area contributed by atoms with E-state index in [1.807, 2.05) is 13.0 Å². The van der Waals surface area contributed by atoms with Crippen LogP contribution in [0.4, 0.5) is 0 Å². The Hall–Kier alpha value is -4.41. The van der Waals surface area contributed by atoms with E-state index in [9.17, 15) is 86.2 Å². The van der Waals surface area contributed by atoms with E-state index in [0.29, 0.717) is 31.2 Å². The molecule has 32 heteroatoms. The van der Waals surface area contributed by atoms with Crippen molar-refractivity contribution >= 4 is 24.0 Å². The smallest absolute Gasteiger partial charge is 0.331 e. The fraction of sp³-hybridized carbons (Fsp3) is 0.817. The van der Waals surface area contributed by atoms with E-state index in [1.54, 1.807) is 12.1 Å². The Balaban J connectivity index is 0.946. The molecule has 32 nitrogen and oxygen atoms in total. The van der Waals surface area contributed by atoms with Gasteiger partial charge in [0.25, 0.3) is 0 Å². The molecule has 5 aliphatic heterocycles. The fourth-order valence-electron chi connectivity index (χ4n) is 19.5. The number of carboxylic acids is 1. The second-order valence-electron chi connectivity index (χ2n) is 31.6. The third-order valence-corrected chi connectivity index (χ3v) is 25.4. The maximum atomic E-state index is 16.3. The van der Waals surface area contributed by atoms with Gasteiger partial charge < -0.3 is 143 Å². The van der Waals surface area contributed by atoms with E-state index in [4.69, 9.17) is 66.3 Å². The fourth-order valence-corrected chi connectivity index (χ4v) is 19.5. The molecule has 34 atom stereocenters. The van der Waals surface area contributed by atoms with Gasteiger partial charge in [-0.05, 0) is 143 Å². The number of esters is 2. The number of hydrogen-bond acceptors (Lipinski definition) is 31. The minimum absolute atomic E-state index is 0.0152. The van der Waals surface area contributed by atoms with Crippen molar-refractivity contribution in [3.05, 3.63) is 35.4 Å². The summed E-state index contributed by atoms with van der Waals surface area (Å²) < 4.78 is 84.9. The molecule has 15 N–H and O–H groups in total. The standard InChI is InChI=1S/C71H106O32/c1-29-43(77)46(80)50(84)60(94-29)100-56-54(98-42(76)15-12-32-22-37(90-9)55(92-11)38(23-32)91-10)31(3)96-63(57(56)101-61-52(86)48(82)53(30(2)95-61)99-59-49(83)44(78)36(75)27-93-59)103-65(89)70-19-18-66(4,5)24-34(70)33-13-14-40-67(6)25-35(74)58(102-62-51(85)47(81)45(79)39(26-72)97-62)69(8,64(87)88)41(67)16-17-68(40,7)71(33,28-73)21-20-70/h12-13,15,22-23,29-31,34-36,39-41,43-54,56-63,72-75,77-86H,14,16-21,24-28H2,1-11H3,(H,87,88). The van der Waals surface area contributed by atoms with Gasteiger partial charge in [-0.15, -0.1) is 0 Å². The van der Waals surface area contributed by atoms with Gasteiger partial charge in [0.1, 0.15) is 91.6 Å². The maximum Gasteiger partial charge on any atom is 0.331 e. The van der Waals surface area contributed by atoms with E-state index in [2.05, 4.69) is 20.8 Å². The molecule has 9 fully saturated rings. The summed E-state index contributed by atoms with van der Waals surface area (Å²) in [6, 6.07) is 3.11. The van der Waals surface area contributed by atoms with Crippen LogP contribution in [0.25, 0.3) is 6.08 Å². The van der Waals surface area contributed by atoms with Crippen LogP contribution in [0.3, 0.4) is 0 Å². The summed E-state index contributed by atoms with van der Waals surface area (Å²) in [5, 5.41) is 168. The molecule has 4 saturated carbocycles. The lowest BCUT2D eigenvalue weighted by Gasteiger charge is -2.71. The van der Waals surface area contributed by atoms with Crippen molar-refractivity contribution in [2.75, 3.05) is 41.2 Å². The first-order valence-corrected chi connectivity index (χ1v) is 35.5. The van der Waals surface area contributed by atoms with Gasteiger partial charge in [-0.3, -0.25) is 9.59 Å². The molecule has 10 aliphatic rings. The molecule has 0 bridgehead atoms. The Morgan fingerprint density at radius 1 is 0.563 bits per heavy atom. The number of benzene rings is 1. The van der Waals surface area contributed by atoms with Gasteiger partial charge in [-0.25, -0.2) is 4.79 Å². The van der Waals surface area contributed by atoms with E-state index in [-0.39, 0.29) is 49.4 Å². The minimum Gasteiger partial charge on any atom is -0.493 e. The first kappa shape index (κ1) is 79.6. The van der Waals surface area contributed by atoms with Crippen molar-refractivity contribution in [1.29, 1.82) is 0 Å². The summed E-state index contributed by atoms with van der Waals surface area (Å²) in [6.07, 6.45) is -37.8. The van der Waals surface area contributed by atoms with Crippen molar-refractivity contribution < 1.29 is 157 Å². The maximum absolute atomic E-state index is 16.3. The van der Waals surface area contributed by atoms with Crippen molar-refractivity contribution in [3.8, 4) is 17.2 Å². The van der Waals surface area contributed by atoms with Gasteiger partial charge in [-0.1, -0.05) is 39.3 Å². The number of rotatable bonds is 19. The summed E-state index contributed by atoms with van der Waals surface area (Å²) in [7, 11) is 4.23. The average Bonchev–Trinajstić information content (AvgIpc) is 0.669. The minimum atomic E-state index is -2.11. The highest BCUT2D eigenvalue weighted by atomic mass is 16.8. The van der Waals surface area contributed by atoms with Crippen molar-refractivity contribution in [3.63, 3.8) is 0 Å². The monoisotopic (exact) mass is 1470 g/mol. The summed E-state index contributed by atoms with van der Waals surface area (Å²) in [6.45, 7) is 12.3. The quantitative estimate of drug-likeness (QED) is 0.0335. The van der Waals surface area contributed by atoms with Gasteiger partial charge in [-0.2, -0.15) is 0 Å². The highest BCUT2D eigenvalue weighted by Gasteiger charge is 2.74. The summed E-state index contributed by atoms with van der Waals surface area (Å²) in [5.41, 5.74) is -5.43. The average molecular weight is 1470 g/mol. The molecule has 0 spiro atoms. The topological polar surface area (TPSA) is 484 Å². The summed E-state index contributed by atoms with van der Waals surface area (Å²) >= 11 is 0. The van der Waals surface area contributed by atoms with Gasteiger partial charge in [0.05, 0.1) is 76.4 Å². The second kappa shape index (κ2) is 30.2. The molecule has 5 aliphatic carbocycles. The summed E-state index contributed by atoms with van der Waals surface area (Å²) in [4.78, 5) is 44.7. The van der Waals surface area contributed by atoms with Gasteiger partial charge in [0.2, 0.25) is 12.0 Å². The molecule has 34 unspecified atom stereocenters. The van der Waals surface area contributed by atoms with E-state index < -0.39 is 248 Å². The Labute approximate surface area is 596 Å². The van der Waals surface area contributed by atoms with Crippen LogP contribution in [0.15, 0.2) is 29.9 Å². The lowest BCUT2D eigenvalue weighted by atomic mass is 9.33. The van der Waals surface area contributed by atoms with Crippen LogP contribution in [0.5, 0.6) is 17.2 Å². The van der Waals surface area contributed by atoms with Gasteiger partial charge >= 0.3 is 17.9 Å². The lowest BCUT2D eigenvalue weighted by molar-refractivity contribution is -0.390. The number of methoxy groups -OCH3 is 3. The van der Waals surface area contributed by atoms with E-state index in [1.165, 1.54) is 55.1 Å². The normalized spacial score (nSPS) is 48.2. The Kier molecular flexibility index (Phi) is 23.4. The zero-order valence-electron chi connectivity index (χ0n) is 59.8. The van der Waals surface area contributed by atoms with E-state index in [0.717, 1.165) is 11.6 Å². The first-order chi connectivity index (χ1) is 48.5. The number of carboxylic acid groups (broad SMARTS) is 1. The van der Waals surface area contributed by atoms with Crippen molar-refractivity contribution in [2.24, 2.45) is 50.2 Å². The number of ether oxygens (including phenoxy) is 14. The molecule has 5 heterocycles. The number of allylic oxidation sites excluding steroid dienone is 1. The lowest BCUT2D eigenvalue weighted by Crippen LogP contribution is -2.71. The predicted molar refractivity (Wildman–Crippen MR) is 349 cm³/mol. The van der Waals surface area contributed by atoms with Crippen LogP contribution in [-0.4, -0.2) is 295 Å². The molecule has 1 aromatic carbocycles. The van der Waals surface area contributed by atoms with Crippen LogP contribution in [0.2, 0.25) is 0 Å². The molecule has 0 aromatic heterocycles. The number of aliphatic hydroxyl groups is 14. The van der Waals surface area contributed by atoms with E-state index >= 15 is 4.79 Å². The number of carbonyl (C=O) groups excluding carboxylic acids is 2. The van der Waals surface area contributed by atoms with Crippen LogP contribution in [-0.2, 0) is 66.5 Å². The zero-order chi connectivity index (χ0) is 75.3. The number of hydrogen-bond donors (Lipinski definition) is 15. The SMILES string of the molecule is COc1cc(C=CC(=O)OC2C(C)OC(OC(=O)C34CCC(C)(C)CC3C3=CCC5C6(C)CC(O)C(OC7OC(CO)C(O)C(O)C7O)C(C)(C(=O)O)C6CCC5(C)C3(CO)CC4)C(OC3OC(C)C(OC4OCC(O)C(O)C4O)C(O)C3O)C2OC2OC(C)C(O)C(O)C2O)cc(OC)c1OC. The third-order valence-electron chi connectivity index (χ3n) is 25.4. The molecule has 1 aromatic rings. The van der Waals surface area contributed by atoms with Crippen LogP contribution in [0, 0.1) is 50.2 Å². The molecule has 103 heavy (non-hydrogen) atoms. The molecular weight excluding hydrogens is 1360 g/mol. The molecule has 5 saturated heterocycles. The number of fused-ring (bicyclic) bond motifs is 7. The first-order valence-electron chi connectivity index (χ1n) is 35.5. The highest BCUT2D eigenvalue weighted by Crippen LogP contribution is 2.76. The molecule has 0 amide bonds. The zero-order valence-corrected chi connectivity index (χ0v) is 59.8. The molecule has 582 valence electrons. The number of aliphatic hydroxyl groups excluding tert-OH is 14. The van der Waals surface area contributed by atoms with Gasteiger partial charge in [0, 0.05) is 11.5 Å². The second-order valence-corrected chi connectivity index (χ2v) is 31.6. The van der Waals surface area contributed by atoms with Crippen molar-refractivity contribution in [2.45, 2.75) is 273 Å². The van der Waals surface area contributed by atoms with Crippen LogP contribution < -0.4 is 14.2 Å². The Morgan fingerprint density at radius 3 is 1.76 bits per heavy atom. The van der Waals surface area contributed by atoms with Crippen molar-refractivity contribution in [1.82, 2.24) is 0 Å². The molecule has 0 radical (unpaired) electrons. The molecule has 11 rings (SSSR count). The predicted octanol–water partition coefficient (Wildman–Crippen LogP) is -1.19. The number of carbonyl (C=O) groups is 3. The third kappa shape index (κ3) is 13.8. The van der Waals surface area contributed by atoms with Gasteiger partial charge in [0.15, 0.2) is 48.9 Å². The number of aliphatic carboxylic acids is 1. The molecular formula is C71H106O32. The largest absolute Gasteiger partial charge is 0.493 e. The Bertz CT molecular complexity index is 3220. The highest BCUT2D eigenvalue weighted by molar-refractivity contribution is 5.87. The van der Waals surface area contributed by atoms with Crippen LogP contribution >= 0.6 is 0 Å².